The summed E-state index contributed by atoms with van der Waals surface area (Å²) in [6.45, 7) is 5.79. The molecule has 0 aromatic carbocycles. The van der Waals surface area contributed by atoms with E-state index in [1.807, 2.05) is 11.6 Å². The van der Waals surface area contributed by atoms with E-state index in [9.17, 15) is 0 Å². The smallest absolute Gasteiger partial charge is 0.191 e. The molecule has 1 unspecified atom stereocenters. The number of hydrogen-bond donors (Lipinski definition) is 2. The van der Waals surface area contributed by atoms with Gasteiger partial charge in [0.25, 0.3) is 0 Å². The van der Waals surface area contributed by atoms with Crippen molar-refractivity contribution in [2.24, 2.45) is 4.99 Å². The van der Waals surface area contributed by atoms with Crippen molar-refractivity contribution in [2.75, 3.05) is 33.9 Å². The lowest BCUT2D eigenvalue weighted by atomic mass is 10.1. The Morgan fingerprint density at radius 3 is 2.96 bits per heavy atom. The number of unbranched alkanes of at least 4 members (excludes halogenated alkanes) is 1. The third-order valence-corrected chi connectivity index (χ3v) is 3.95. The maximum absolute atomic E-state index is 5.34. The molecular formula is C16H31IN6O2. The number of rotatable bonds is 9. The SMILES string of the molecule is CCOCCCCNC(=NC)NC1CCc2nc(COC)nn2C1.I. The van der Waals surface area contributed by atoms with E-state index in [0.717, 1.165) is 69.6 Å². The molecule has 1 aliphatic heterocycles. The highest BCUT2D eigenvalue weighted by Gasteiger charge is 2.22. The maximum Gasteiger partial charge on any atom is 0.191 e. The first-order valence-corrected chi connectivity index (χ1v) is 8.73. The van der Waals surface area contributed by atoms with Crippen molar-refractivity contribution in [3.05, 3.63) is 11.6 Å². The van der Waals surface area contributed by atoms with Gasteiger partial charge in [0.15, 0.2) is 11.8 Å². The average Bonchev–Trinajstić information content (AvgIpc) is 2.98. The molecule has 144 valence electrons. The van der Waals surface area contributed by atoms with E-state index in [1.54, 1.807) is 14.2 Å². The zero-order valence-electron chi connectivity index (χ0n) is 15.5. The first-order valence-electron chi connectivity index (χ1n) is 8.73. The Bertz CT molecular complexity index is 523. The molecule has 1 aliphatic rings. The zero-order chi connectivity index (χ0) is 17.2. The number of methoxy groups -OCH3 is 1. The van der Waals surface area contributed by atoms with Gasteiger partial charge in [-0.25, -0.2) is 9.67 Å². The summed E-state index contributed by atoms with van der Waals surface area (Å²) in [4.78, 5) is 8.81. The molecule has 0 saturated heterocycles. The van der Waals surface area contributed by atoms with Gasteiger partial charge in [0.2, 0.25) is 0 Å². The van der Waals surface area contributed by atoms with Gasteiger partial charge in [0, 0.05) is 46.4 Å². The zero-order valence-corrected chi connectivity index (χ0v) is 17.8. The summed E-state index contributed by atoms with van der Waals surface area (Å²) in [5, 5.41) is 11.3. The Morgan fingerprint density at radius 2 is 2.24 bits per heavy atom. The minimum Gasteiger partial charge on any atom is -0.382 e. The fourth-order valence-corrected chi connectivity index (χ4v) is 2.74. The predicted molar refractivity (Wildman–Crippen MR) is 108 cm³/mol. The summed E-state index contributed by atoms with van der Waals surface area (Å²) in [6.07, 6.45) is 4.07. The third kappa shape index (κ3) is 7.45. The number of fused-ring (bicyclic) bond motifs is 1. The minimum absolute atomic E-state index is 0. The molecule has 0 bridgehead atoms. The van der Waals surface area contributed by atoms with Crippen LogP contribution >= 0.6 is 24.0 Å². The average molecular weight is 466 g/mol. The van der Waals surface area contributed by atoms with Gasteiger partial charge < -0.3 is 20.1 Å². The third-order valence-electron chi connectivity index (χ3n) is 3.95. The first-order chi connectivity index (χ1) is 11.8. The summed E-state index contributed by atoms with van der Waals surface area (Å²) in [5.74, 6) is 2.64. The second-order valence-electron chi connectivity index (χ2n) is 5.84. The van der Waals surface area contributed by atoms with E-state index in [-0.39, 0.29) is 24.0 Å². The Balaban J connectivity index is 0.00000312. The van der Waals surface area contributed by atoms with Crippen LogP contribution in [0, 0.1) is 0 Å². The molecule has 1 aromatic rings. The molecule has 2 N–H and O–H groups in total. The van der Waals surface area contributed by atoms with Gasteiger partial charge in [0.05, 0.1) is 6.54 Å². The maximum atomic E-state index is 5.34. The quantitative estimate of drug-likeness (QED) is 0.247. The molecule has 0 amide bonds. The first kappa shape index (κ1) is 22.1. The fraction of sp³-hybridized carbons (Fsp3) is 0.812. The van der Waals surface area contributed by atoms with Crippen molar-refractivity contribution in [2.45, 2.75) is 51.8 Å². The molecule has 2 rings (SSSR count). The molecule has 0 radical (unpaired) electrons. The molecule has 8 nitrogen and oxygen atoms in total. The molecule has 0 saturated carbocycles. The molecule has 25 heavy (non-hydrogen) atoms. The van der Waals surface area contributed by atoms with Crippen molar-refractivity contribution < 1.29 is 9.47 Å². The van der Waals surface area contributed by atoms with E-state index in [4.69, 9.17) is 9.47 Å². The van der Waals surface area contributed by atoms with Gasteiger partial charge in [-0.15, -0.1) is 24.0 Å². The second kappa shape index (κ2) is 12.4. The highest BCUT2D eigenvalue weighted by atomic mass is 127. The molecule has 1 aromatic heterocycles. The fourth-order valence-electron chi connectivity index (χ4n) is 2.74. The summed E-state index contributed by atoms with van der Waals surface area (Å²) >= 11 is 0. The van der Waals surface area contributed by atoms with E-state index >= 15 is 0 Å². The number of aromatic nitrogens is 3. The van der Waals surface area contributed by atoms with Gasteiger partial charge in [0.1, 0.15) is 12.4 Å². The van der Waals surface area contributed by atoms with Crippen LogP contribution in [-0.4, -0.2) is 60.7 Å². The lowest BCUT2D eigenvalue weighted by molar-refractivity contribution is 0.143. The summed E-state index contributed by atoms with van der Waals surface area (Å²) in [7, 11) is 3.46. The number of aliphatic imine (C=N–C) groups is 1. The van der Waals surface area contributed by atoms with Gasteiger partial charge in [-0.1, -0.05) is 0 Å². The Labute approximate surface area is 167 Å². The largest absolute Gasteiger partial charge is 0.382 e. The standard InChI is InChI=1S/C16H30N6O2.HI/c1-4-24-10-6-5-9-18-16(17-2)19-13-7-8-15-20-14(12-23-3)21-22(15)11-13;/h13H,4-12H2,1-3H3,(H2,17,18,19);1H. The number of guanidine groups is 1. The highest BCUT2D eigenvalue weighted by Crippen LogP contribution is 2.13. The van der Waals surface area contributed by atoms with Gasteiger partial charge in [-0.2, -0.15) is 5.10 Å². The van der Waals surface area contributed by atoms with Crippen LogP contribution in [-0.2, 0) is 29.0 Å². The molecule has 9 heteroatoms. The molecular weight excluding hydrogens is 435 g/mol. The van der Waals surface area contributed by atoms with Crippen LogP contribution in [0.25, 0.3) is 0 Å². The van der Waals surface area contributed by atoms with E-state index in [1.165, 1.54) is 0 Å². The molecule has 0 fully saturated rings. The van der Waals surface area contributed by atoms with Crippen molar-refractivity contribution >= 4 is 29.9 Å². The van der Waals surface area contributed by atoms with Crippen molar-refractivity contribution in [1.29, 1.82) is 0 Å². The van der Waals surface area contributed by atoms with E-state index in [2.05, 4.69) is 25.7 Å². The molecule has 1 atom stereocenters. The lowest BCUT2D eigenvalue weighted by Gasteiger charge is -2.25. The van der Waals surface area contributed by atoms with Crippen molar-refractivity contribution in [1.82, 2.24) is 25.4 Å². The molecule has 0 spiro atoms. The van der Waals surface area contributed by atoms with Crippen LogP contribution in [0.2, 0.25) is 0 Å². The normalized spacial score (nSPS) is 16.9. The molecule has 2 heterocycles. The van der Waals surface area contributed by atoms with Gasteiger partial charge in [-0.3, -0.25) is 4.99 Å². The van der Waals surface area contributed by atoms with Crippen LogP contribution in [0.15, 0.2) is 4.99 Å². The Kier molecular flexibility index (Phi) is 11.0. The summed E-state index contributed by atoms with van der Waals surface area (Å²) in [5.41, 5.74) is 0. The van der Waals surface area contributed by atoms with Gasteiger partial charge >= 0.3 is 0 Å². The number of halogens is 1. The monoisotopic (exact) mass is 466 g/mol. The Morgan fingerprint density at radius 1 is 1.40 bits per heavy atom. The van der Waals surface area contributed by atoms with Gasteiger partial charge in [-0.05, 0) is 26.2 Å². The van der Waals surface area contributed by atoms with Crippen LogP contribution in [0.5, 0.6) is 0 Å². The number of ether oxygens (including phenoxy) is 2. The number of hydrogen-bond acceptors (Lipinski definition) is 5. The molecule has 0 aliphatic carbocycles. The topological polar surface area (TPSA) is 85.6 Å². The number of aryl methyl sites for hydroxylation is 1. The van der Waals surface area contributed by atoms with Crippen LogP contribution in [0.4, 0.5) is 0 Å². The van der Waals surface area contributed by atoms with E-state index < -0.39 is 0 Å². The van der Waals surface area contributed by atoms with Crippen molar-refractivity contribution in [3.8, 4) is 0 Å². The number of nitrogens with one attached hydrogen (secondary N) is 2. The van der Waals surface area contributed by atoms with Crippen LogP contribution in [0.3, 0.4) is 0 Å². The van der Waals surface area contributed by atoms with E-state index in [0.29, 0.717) is 12.6 Å². The second-order valence-corrected chi connectivity index (χ2v) is 5.84. The Hall–Kier alpha value is -0.940. The summed E-state index contributed by atoms with van der Waals surface area (Å²) < 4.78 is 12.4. The highest BCUT2D eigenvalue weighted by molar-refractivity contribution is 14.0. The van der Waals surface area contributed by atoms with Crippen molar-refractivity contribution in [3.63, 3.8) is 0 Å². The minimum atomic E-state index is 0. The van der Waals surface area contributed by atoms with Crippen LogP contribution < -0.4 is 10.6 Å². The predicted octanol–water partition coefficient (Wildman–Crippen LogP) is 1.34. The number of nitrogens with zero attached hydrogens (tertiary/aromatic N) is 4. The summed E-state index contributed by atoms with van der Waals surface area (Å²) in [6, 6.07) is 0.309. The lowest BCUT2D eigenvalue weighted by Crippen LogP contribution is -2.47. The van der Waals surface area contributed by atoms with Crippen LogP contribution in [0.1, 0.15) is 37.8 Å².